The monoisotopic (exact) mass is 353 g/mol. The highest BCUT2D eigenvalue weighted by Crippen LogP contribution is 2.27. The summed E-state index contributed by atoms with van der Waals surface area (Å²) in [6.45, 7) is 0. The van der Waals surface area contributed by atoms with E-state index in [4.69, 9.17) is 0 Å². The second kappa shape index (κ2) is 6.70. The number of rotatable bonds is 4. The van der Waals surface area contributed by atoms with E-state index >= 15 is 0 Å². The number of anilines is 1. The Morgan fingerprint density at radius 2 is 1.48 bits per heavy atom. The molecule has 0 bridgehead atoms. The van der Waals surface area contributed by atoms with Crippen molar-refractivity contribution in [3.05, 3.63) is 71.8 Å². The molecule has 128 valence electrons. The fraction of sp³-hybridized carbons (Fsp3) is 0.100. The van der Waals surface area contributed by atoms with Crippen molar-refractivity contribution < 1.29 is 13.0 Å². The quantitative estimate of drug-likeness (QED) is 0.560. The largest absolute Gasteiger partial charge is 0.378 e. The smallest absolute Gasteiger partial charge is 0.295 e. The van der Waals surface area contributed by atoms with E-state index in [0.717, 1.165) is 22.2 Å². The van der Waals surface area contributed by atoms with Gasteiger partial charge >= 0.3 is 0 Å². The van der Waals surface area contributed by atoms with E-state index in [1.54, 1.807) is 18.2 Å². The first-order valence-electron chi connectivity index (χ1n) is 7.81. The van der Waals surface area contributed by atoms with Crippen LogP contribution < -0.4 is 4.90 Å². The van der Waals surface area contributed by atoms with Crippen molar-refractivity contribution in [2.24, 2.45) is 0 Å². The highest BCUT2D eigenvalue weighted by atomic mass is 32.2. The lowest BCUT2D eigenvalue weighted by Gasteiger charge is -2.11. The maximum absolute atomic E-state index is 11.6. The molecule has 5 heteroatoms. The molecule has 25 heavy (non-hydrogen) atoms. The molecule has 1 N–H and O–H groups in total. The first kappa shape index (κ1) is 17.2. The molecular weight excluding hydrogens is 334 g/mol. The topological polar surface area (TPSA) is 57.6 Å². The molecule has 0 fully saturated rings. The maximum Gasteiger partial charge on any atom is 0.295 e. The maximum atomic E-state index is 11.6. The van der Waals surface area contributed by atoms with Crippen molar-refractivity contribution in [2.45, 2.75) is 4.90 Å². The summed E-state index contributed by atoms with van der Waals surface area (Å²) in [5, 5.41) is 1.29. The zero-order chi connectivity index (χ0) is 18.0. The summed E-state index contributed by atoms with van der Waals surface area (Å²) in [7, 11) is -0.267. The third-order valence-corrected chi connectivity index (χ3v) is 4.97. The van der Waals surface area contributed by atoms with E-state index in [1.165, 1.54) is 6.07 Å². The van der Waals surface area contributed by atoms with Crippen molar-refractivity contribution in [3.8, 4) is 0 Å². The molecule has 0 aliphatic heterocycles. The third kappa shape index (κ3) is 3.73. The van der Waals surface area contributed by atoms with E-state index in [9.17, 15) is 13.0 Å². The molecule has 0 unspecified atom stereocenters. The summed E-state index contributed by atoms with van der Waals surface area (Å²) in [6, 6.07) is 18.4. The summed E-state index contributed by atoms with van der Waals surface area (Å²) < 4.78 is 32.5. The number of nitrogens with zero attached hydrogens (tertiary/aromatic N) is 1. The molecule has 3 aromatic rings. The van der Waals surface area contributed by atoms with Gasteiger partial charge in [0, 0.05) is 25.2 Å². The minimum absolute atomic E-state index is 0.0735. The summed E-state index contributed by atoms with van der Waals surface area (Å²) in [5.74, 6) is 0. The Morgan fingerprint density at radius 1 is 0.840 bits per heavy atom. The zero-order valence-corrected chi connectivity index (χ0v) is 14.9. The van der Waals surface area contributed by atoms with Crippen LogP contribution in [0.2, 0.25) is 0 Å². The number of benzene rings is 3. The van der Waals surface area contributed by atoms with Crippen LogP contribution in [0, 0.1) is 0 Å². The van der Waals surface area contributed by atoms with Gasteiger partial charge in [-0.15, -0.1) is 0 Å². The molecule has 0 aliphatic carbocycles. The molecule has 0 spiro atoms. The highest BCUT2D eigenvalue weighted by Gasteiger charge is 2.14. The van der Waals surface area contributed by atoms with Gasteiger partial charge in [-0.2, -0.15) is 8.42 Å². The molecule has 0 atom stereocenters. The van der Waals surface area contributed by atoms with Gasteiger partial charge in [0.05, 0.1) is 0 Å². The van der Waals surface area contributed by atoms with Crippen molar-refractivity contribution in [2.75, 3.05) is 19.0 Å². The van der Waals surface area contributed by atoms with Crippen molar-refractivity contribution >= 4 is 38.7 Å². The second-order valence-corrected chi connectivity index (χ2v) is 7.38. The summed E-state index contributed by atoms with van der Waals surface area (Å²) in [4.78, 5) is 1.96. The van der Waals surface area contributed by atoms with Gasteiger partial charge in [0.25, 0.3) is 10.1 Å². The van der Waals surface area contributed by atoms with Crippen molar-refractivity contribution in [1.29, 1.82) is 0 Å². The number of fused-ring (bicyclic) bond motifs is 1. The van der Waals surface area contributed by atoms with Gasteiger partial charge in [-0.05, 0) is 34.7 Å². The van der Waals surface area contributed by atoms with Crippen LogP contribution in [0.5, 0.6) is 0 Å². The lowest BCUT2D eigenvalue weighted by Crippen LogP contribution is -2.07. The van der Waals surface area contributed by atoms with Gasteiger partial charge in [0.1, 0.15) is 4.90 Å². The molecule has 0 saturated heterocycles. The Bertz CT molecular complexity index is 1040. The number of hydrogen-bond acceptors (Lipinski definition) is 3. The van der Waals surface area contributed by atoms with Crippen LogP contribution in [0.4, 0.5) is 5.69 Å². The van der Waals surface area contributed by atoms with Crippen LogP contribution >= 0.6 is 0 Å². The lowest BCUT2D eigenvalue weighted by atomic mass is 10.0. The second-order valence-electron chi connectivity index (χ2n) is 5.99. The molecular formula is C20H19NO3S. The van der Waals surface area contributed by atoms with Crippen LogP contribution in [0.25, 0.3) is 22.9 Å². The van der Waals surface area contributed by atoms with E-state index < -0.39 is 10.1 Å². The Hall–Kier alpha value is -2.63. The minimum atomic E-state index is -4.25. The van der Waals surface area contributed by atoms with Crippen molar-refractivity contribution in [1.82, 2.24) is 0 Å². The summed E-state index contributed by atoms with van der Waals surface area (Å²) in [5.41, 5.74) is 3.06. The van der Waals surface area contributed by atoms with E-state index in [0.29, 0.717) is 5.39 Å². The molecule has 0 heterocycles. The fourth-order valence-corrected chi connectivity index (χ4v) is 3.43. The predicted octanol–water partition coefficient (Wildman–Crippen LogP) is 4.32. The normalized spacial score (nSPS) is 12.0. The first-order valence-corrected chi connectivity index (χ1v) is 9.25. The van der Waals surface area contributed by atoms with Crippen LogP contribution in [-0.2, 0) is 10.1 Å². The molecule has 0 saturated carbocycles. The Labute approximate surface area is 147 Å². The fourth-order valence-electron chi connectivity index (χ4n) is 2.73. The summed E-state index contributed by atoms with van der Waals surface area (Å²) >= 11 is 0. The van der Waals surface area contributed by atoms with Crippen LogP contribution in [0.1, 0.15) is 11.1 Å². The molecule has 0 aliphatic rings. The Morgan fingerprint density at radius 3 is 2.08 bits per heavy atom. The van der Waals surface area contributed by atoms with Crippen LogP contribution in [0.15, 0.2) is 65.6 Å². The molecule has 3 rings (SSSR count). The van der Waals surface area contributed by atoms with Crippen LogP contribution in [0.3, 0.4) is 0 Å². The van der Waals surface area contributed by atoms with Gasteiger partial charge in [0.15, 0.2) is 0 Å². The van der Waals surface area contributed by atoms with Gasteiger partial charge in [0.2, 0.25) is 0 Å². The van der Waals surface area contributed by atoms with E-state index in [2.05, 4.69) is 0 Å². The third-order valence-electron chi connectivity index (χ3n) is 4.06. The average molecular weight is 353 g/mol. The number of hydrogen-bond donors (Lipinski definition) is 1. The SMILES string of the molecule is CN(C)c1ccc(C=Cc2ccc(S(=O)(=O)O)c3ccccc23)cc1. The van der Waals surface area contributed by atoms with Crippen molar-refractivity contribution in [3.63, 3.8) is 0 Å². The highest BCUT2D eigenvalue weighted by molar-refractivity contribution is 7.86. The van der Waals surface area contributed by atoms with Gasteiger partial charge in [-0.3, -0.25) is 4.55 Å². The Kier molecular flexibility index (Phi) is 4.61. The predicted molar refractivity (Wildman–Crippen MR) is 103 cm³/mol. The minimum Gasteiger partial charge on any atom is -0.378 e. The van der Waals surface area contributed by atoms with Gasteiger partial charge in [-0.1, -0.05) is 54.6 Å². The Balaban J connectivity index is 2.02. The molecule has 0 aromatic heterocycles. The summed E-state index contributed by atoms with van der Waals surface area (Å²) in [6.07, 6.45) is 3.93. The van der Waals surface area contributed by atoms with Crippen LogP contribution in [-0.4, -0.2) is 27.1 Å². The van der Waals surface area contributed by atoms with Gasteiger partial charge < -0.3 is 4.90 Å². The molecule has 4 nitrogen and oxygen atoms in total. The first-order chi connectivity index (χ1) is 11.9. The zero-order valence-electron chi connectivity index (χ0n) is 14.0. The van der Waals surface area contributed by atoms with Gasteiger partial charge in [-0.25, -0.2) is 0 Å². The molecule has 0 amide bonds. The molecule has 3 aromatic carbocycles. The average Bonchev–Trinajstić information content (AvgIpc) is 2.59. The standard InChI is InChI=1S/C20H19NO3S/c1-21(2)17-12-8-15(9-13-17)7-10-16-11-14-20(25(22,23)24)19-6-4-3-5-18(16)19/h3-14H,1-2H3,(H,22,23,24). The molecule has 0 radical (unpaired) electrons. The van der Waals surface area contributed by atoms with E-state index in [-0.39, 0.29) is 4.90 Å². The van der Waals surface area contributed by atoms with E-state index in [1.807, 2.05) is 67.5 Å². The lowest BCUT2D eigenvalue weighted by molar-refractivity contribution is 0.484.